The van der Waals surface area contributed by atoms with Gasteiger partial charge in [0.15, 0.2) is 11.6 Å². The molecule has 24 heavy (non-hydrogen) atoms. The van der Waals surface area contributed by atoms with Crippen molar-refractivity contribution in [2.24, 2.45) is 0 Å². The number of nitrogens with one attached hydrogen (secondary N) is 1. The maximum Gasteiger partial charge on any atom is 0.160 e. The molecule has 1 aromatic carbocycles. The molecule has 0 fully saturated rings. The van der Waals surface area contributed by atoms with Gasteiger partial charge in [-0.15, -0.1) is 0 Å². The number of anilines is 2. The minimum Gasteiger partial charge on any atom is -0.338 e. The first kappa shape index (κ1) is 16.1. The quantitative estimate of drug-likeness (QED) is 0.725. The van der Waals surface area contributed by atoms with E-state index in [2.05, 4.69) is 20.4 Å². The van der Waals surface area contributed by atoms with E-state index in [1.54, 1.807) is 6.92 Å². The zero-order chi connectivity index (χ0) is 17.3. The van der Waals surface area contributed by atoms with E-state index in [1.165, 1.54) is 0 Å². The number of carbonyl (C=O) groups is 1. The summed E-state index contributed by atoms with van der Waals surface area (Å²) in [5, 5.41) is 7.91. The molecular weight excluding hydrogens is 302 g/mol. The van der Waals surface area contributed by atoms with Gasteiger partial charge in [0.1, 0.15) is 16.9 Å². The normalized spacial score (nSPS) is 11.0. The summed E-state index contributed by atoms with van der Waals surface area (Å²) in [4.78, 5) is 20.7. The first-order valence-electron chi connectivity index (χ1n) is 8.15. The van der Waals surface area contributed by atoms with Crippen molar-refractivity contribution >= 4 is 28.3 Å². The van der Waals surface area contributed by atoms with Crippen LogP contribution in [0.25, 0.3) is 11.0 Å². The average Bonchev–Trinajstić information content (AvgIpc) is 2.91. The summed E-state index contributed by atoms with van der Waals surface area (Å²) in [6.45, 7) is 8.35. The molecule has 2 aromatic heterocycles. The third kappa shape index (κ3) is 2.87. The van der Waals surface area contributed by atoms with Gasteiger partial charge in [0, 0.05) is 24.2 Å². The Kier molecular flexibility index (Phi) is 4.29. The maximum absolute atomic E-state index is 11.4. The molecule has 0 bridgehead atoms. The predicted molar refractivity (Wildman–Crippen MR) is 94.8 cm³/mol. The van der Waals surface area contributed by atoms with Gasteiger partial charge in [-0.1, -0.05) is 6.92 Å². The molecule has 2 heterocycles. The predicted octanol–water partition coefficient (Wildman–Crippen LogP) is 3.66. The third-order valence-corrected chi connectivity index (χ3v) is 3.97. The molecule has 0 aliphatic rings. The van der Waals surface area contributed by atoms with E-state index in [9.17, 15) is 4.79 Å². The van der Waals surface area contributed by atoms with Crippen LogP contribution in [0.4, 0.5) is 11.5 Å². The van der Waals surface area contributed by atoms with Crippen molar-refractivity contribution < 1.29 is 4.79 Å². The lowest BCUT2D eigenvalue weighted by atomic mass is 10.1. The Hall–Kier alpha value is -2.76. The first-order chi connectivity index (χ1) is 11.5. The van der Waals surface area contributed by atoms with Gasteiger partial charge in [0.05, 0.1) is 5.69 Å². The lowest BCUT2D eigenvalue weighted by Crippen LogP contribution is -2.05. The highest BCUT2D eigenvalue weighted by atomic mass is 16.1. The van der Waals surface area contributed by atoms with Gasteiger partial charge in [-0.2, -0.15) is 5.10 Å². The molecule has 0 aliphatic heterocycles. The molecule has 3 rings (SSSR count). The van der Waals surface area contributed by atoms with Crippen LogP contribution in [0.3, 0.4) is 0 Å². The van der Waals surface area contributed by atoms with E-state index in [-0.39, 0.29) is 5.78 Å². The number of hydrogen-bond donors (Lipinski definition) is 1. The zero-order valence-electron chi connectivity index (χ0n) is 14.4. The van der Waals surface area contributed by atoms with Gasteiger partial charge in [0.2, 0.25) is 0 Å². The summed E-state index contributed by atoms with van der Waals surface area (Å²) in [5.74, 6) is 1.58. The largest absolute Gasteiger partial charge is 0.338 e. The van der Waals surface area contributed by atoms with Crippen LogP contribution in [0.5, 0.6) is 0 Å². The van der Waals surface area contributed by atoms with Gasteiger partial charge >= 0.3 is 0 Å². The summed E-state index contributed by atoms with van der Waals surface area (Å²) in [5.41, 5.74) is 4.26. The molecule has 0 saturated carbocycles. The first-order valence-corrected chi connectivity index (χ1v) is 8.15. The highest BCUT2D eigenvalue weighted by Crippen LogP contribution is 2.26. The Labute approximate surface area is 140 Å². The maximum atomic E-state index is 11.4. The molecule has 6 nitrogen and oxygen atoms in total. The third-order valence-electron chi connectivity index (χ3n) is 3.97. The average molecular weight is 323 g/mol. The van der Waals surface area contributed by atoms with E-state index < -0.39 is 0 Å². The molecule has 0 unspecified atom stereocenters. The molecule has 0 amide bonds. The lowest BCUT2D eigenvalue weighted by molar-refractivity contribution is 0.101. The van der Waals surface area contributed by atoms with Crippen molar-refractivity contribution in [3.8, 4) is 0 Å². The highest BCUT2D eigenvalue weighted by Gasteiger charge is 2.15. The summed E-state index contributed by atoms with van der Waals surface area (Å²) >= 11 is 0. The van der Waals surface area contributed by atoms with Crippen molar-refractivity contribution in [2.75, 3.05) is 5.32 Å². The minimum atomic E-state index is 0.0546. The number of hydrogen-bond acceptors (Lipinski definition) is 5. The fourth-order valence-electron chi connectivity index (χ4n) is 2.68. The number of aryl methyl sites for hydroxylation is 3. The van der Waals surface area contributed by atoms with Crippen molar-refractivity contribution in [2.45, 2.75) is 40.7 Å². The number of nitrogens with zero attached hydrogens (tertiary/aromatic N) is 4. The molecule has 0 spiro atoms. The summed E-state index contributed by atoms with van der Waals surface area (Å²) in [6.07, 6.45) is 0.755. The fourth-order valence-corrected chi connectivity index (χ4v) is 2.68. The smallest absolute Gasteiger partial charge is 0.160 e. The van der Waals surface area contributed by atoms with Crippen LogP contribution in [0.2, 0.25) is 0 Å². The zero-order valence-corrected chi connectivity index (χ0v) is 14.4. The van der Waals surface area contributed by atoms with Gasteiger partial charge in [-0.3, -0.25) is 9.48 Å². The Morgan fingerprint density at radius 3 is 2.46 bits per heavy atom. The van der Waals surface area contributed by atoms with Crippen molar-refractivity contribution in [3.05, 3.63) is 41.3 Å². The van der Waals surface area contributed by atoms with Crippen molar-refractivity contribution in [1.82, 2.24) is 19.7 Å². The Balaban J connectivity index is 2.08. The van der Waals surface area contributed by atoms with Crippen LogP contribution in [0.1, 0.15) is 42.6 Å². The second-order valence-electron chi connectivity index (χ2n) is 5.70. The second-order valence-corrected chi connectivity index (χ2v) is 5.70. The number of rotatable bonds is 5. The van der Waals surface area contributed by atoms with Crippen LogP contribution >= 0.6 is 0 Å². The molecule has 0 saturated heterocycles. The standard InChI is InChI=1S/C18H21N5O/c1-5-15-20-16-11(3)22-23(6-2)17(16)18(21-15)19-14-9-7-13(8-10-14)12(4)24/h7-10H,5-6H2,1-4H3,(H,19,20,21). The van der Waals surface area contributed by atoms with Crippen LogP contribution in [0.15, 0.2) is 24.3 Å². The Morgan fingerprint density at radius 2 is 1.88 bits per heavy atom. The number of benzene rings is 1. The Bertz CT molecular complexity index is 896. The summed E-state index contributed by atoms with van der Waals surface area (Å²) in [6, 6.07) is 7.39. The number of aromatic nitrogens is 4. The fraction of sp³-hybridized carbons (Fsp3) is 0.333. The molecular formula is C18H21N5O. The van der Waals surface area contributed by atoms with Crippen LogP contribution in [0, 0.1) is 6.92 Å². The van der Waals surface area contributed by atoms with E-state index in [1.807, 2.05) is 49.7 Å². The van der Waals surface area contributed by atoms with Crippen LogP contribution < -0.4 is 5.32 Å². The number of carbonyl (C=O) groups excluding carboxylic acids is 1. The molecule has 6 heteroatoms. The van der Waals surface area contributed by atoms with E-state index in [0.29, 0.717) is 5.56 Å². The van der Waals surface area contributed by atoms with E-state index >= 15 is 0 Å². The summed E-state index contributed by atoms with van der Waals surface area (Å²) < 4.78 is 1.91. The molecule has 3 aromatic rings. The molecule has 0 radical (unpaired) electrons. The number of ketones is 1. The second kappa shape index (κ2) is 6.39. The minimum absolute atomic E-state index is 0.0546. The van der Waals surface area contributed by atoms with E-state index in [4.69, 9.17) is 0 Å². The molecule has 1 N–H and O–H groups in total. The van der Waals surface area contributed by atoms with Gasteiger partial charge in [-0.05, 0) is 45.0 Å². The number of fused-ring (bicyclic) bond motifs is 1. The van der Waals surface area contributed by atoms with Gasteiger partial charge < -0.3 is 5.32 Å². The van der Waals surface area contributed by atoms with Crippen molar-refractivity contribution in [3.63, 3.8) is 0 Å². The Morgan fingerprint density at radius 1 is 1.17 bits per heavy atom. The monoisotopic (exact) mass is 323 g/mol. The van der Waals surface area contributed by atoms with Gasteiger partial charge in [0.25, 0.3) is 0 Å². The lowest BCUT2D eigenvalue weighted by Gasteiger charge is -2.10. The molecule has 0 aliphatic carbocycles. The van der Waals surface area contributed by atoms with Gasteiger partial charge in [-0.25, -0.2) is 9.97 Å². The van der Waals surface area contributed by atoms with E-state index in [0.717, 1.165) is 47.0 Å². The SMILES string of the molecule is CCc1nc(Nc2ccc(C(C)=O)cc2)c2c(n1)c(C)nn2CC. The topological polar surface area (TPSA) is 72.7 Å². The van der Waals surface area contributed by atoms with Crippen molar-refractivity contribution in [1.29, 1.82) is 0 Å². The molecule has 124 valence electrons. The van der Waals surface area contributed by atoms with Crippen LogP contribution in [-0.4, -0.2) is 25.5 Å². The van der Waals surface area contributed by atoms with Crippen LogP contribution in [-0.2, 0) is 13.0 Å². The summed E-state index contributed by atoms with van der Waals surface area (Å²) in [7, 11) is 0. The highest BCUT2D eigenvalue weighted by molar-refractivity contribution is 5.94. The molecule has 0 atom stereocenters. The number of Topliss-reactive ketones (excluding diaryl/α,β-unsaturated/α-hetero) is 1.